The van der Waals surface area contributed by atoms with Gasteiger partial charge in [-0.05, 0) is 13.0 Å². The SMILES string of the molecule is CC(C#Cc1ccoc1)NO. The van der Waals surface area contributed by atoms with Gasteiger partial charge < -0.3 is 9.62 Å². The summed E-state index contributed by atoms with van der Waals surface area (Å²) in [5.74, 6) is 5.57. The van der Waals surface area contributed by atoms with Gasteiger partial charge in [0.2, 0.25) is 0 Å². The summed E-state index contributed by atoms with van der Waals surface area (Å²) in [5.41, 5.74) is 2.84. The normalized spacial score (nSPS) is 11.8. The van der Waals surface area contributed by atoms with Crippen LogP contribution in [0.15, 0.2) is 23.0 Å². The van der Waals surface area contributed by atoms with Crippen LogP contribution in [0.5, 0.6) is 0 Å². The van der Waals surface area contributed by atoms with E-state index in [-0.39, 0.29) is 6.04 Å². The van der Waals surface area contributed by atoms with Crippen LogP contribution in [0, 0.1) is 11.8 Å². The first-order valence-corrected chi connectivity index (χ1v) is 3.26. The summed E-state index contributed by atoms with van der Waals surface area (Å²) in [7, 11) is 0. The van der Waals surface area contributed by atoms with E-state index in [1.807, 2.05) is 5.48 Å². The quantitative estimate of drug-likeness (QED) is 0.465. The maximum atomic E-state index is 8.39. The van der Waals surface area contributed by atoms with Crippen molar-refractivity contribution in [3.05, 3.63) is 24.2 Å². The van der Waals surface area contributed by atoms with Crippen molar-refractivity contribution in [2.24, 2.45) is 0 Å². The molecule has 0 spiro atoms. The molecule has 0 aliphatic carbocycles. The fourth-order valence-corrected chi connectivity index (χ4v) is 0.559. The summed E-state index contributed by atoms with van der Waals surface area (Å²) in [6, 6.07) is 1.54. The summed E-state index contributed by atoms with van der Waals surface area (Å²) in [6.45, 7) is 1.76. The van der Waals surface area contributed by atoms with Crippen molar-refractivity contribution in [3.8, 4) is 11.8 Å². The van der Waals surface area contributed by atoms with E-state index in [0.717, 1.165) is 5.56 Å². The second kappa shape index (κ2) is 3.81. The van der Waals surface area contributed by atoms with Crippen molar-refractivity contribution >= 4 is 0 Å². The largest absolute Gasteiger partial charge is 0.471 e. The van der Waals surface area contributed by atoms with E-state index >= 15 is 0 Å². The molecule has 1 aromatic rings. The van der Waals surface area contributed by atoms with Gasteiger partial charge in [-0.3, -0.25) is 0 Å². The maximum absolute atomic E-state index is 8.39. The Balaban J connectivity index is 2.58. The first kappa shape index (κ1) is 7.86. The van der Waals surface area contributed by atoms with Crippen LogP contribution in [0.1, 0.15) is 12.5 Å². The molecular formula is C8H9NO2. The van der Waals surface area contributed by atoms with Crippen LogP contribution < -0.4 is 5.48 Å². The molecule has 1 rings (SSSR count). The van der Waals surface area contributed by atoms with E-state index in [1.54, 1.807) is 25.5 Å². The molecule has 1 unspecified atom stereocenters. The van der Waals surface area contributed by atoms with Gasteiger partial charge in [-0.25, -0.2) is 0 Å². The van der Waals surface area contributed by atoms with E-state index in [1.165, 1.54) is 0 Å². The molecule has 0 amide bonds. The van der Waals surface area contributed by atoms with Crippen molar-refractivity contribution in [2.75, 3.05) is 0 Å². The van der Waals surface area contributed by atoms with Gasteiger partial charge in [-0.15, -0.1) is 0 Å². The average Bonchev–Trinajstić information content (AvgIpc) is 2.52. The van der Waals surface area contributed by atoms with Gasteiger partial charge in [0.15, 0.2) is 0 Å². The monoisotopic (exact) mass is 151 g/mol. The smallest absolute Gasteiger partial charge is 0.106 e. The molecule has 1 atom stereocenters. The van der Waals surface area contributed by atoms with Crippen molar-refractivity contribution < 1.29 is 9.62 Å². The van der Waals surface area contributed by atoms with E-state index in [0.29, 0.717) is 0 Å². The van der Waals surface area contributed by atoms with Crippen LogP contribution in [0.25, 0.3) is 0 Å². The molecule has 0 radical (unpaired) electrons. The Labute approximate surface area is 65.0 Å². The lowest BCUT2D eigenvalue weighted by atomic mass is 10.3. The lowest BCUT2D eigenvalue weighted by Crippen LogP contribution is -2.19. The first-order chi connectivity index (χ1) is 5.33. The third-order valence-electron chi connectivity index (χ3n) is 1.15. The van der Waals surface area contributed by atoms with Crippen molar-refractivity contribution in [3.63, 3.8) is 0 Å². The Bertz CT molecular complexity index is 255. The third kappa shape index (κ3) is 2.46. The zero-order chi connectivity index (χ0) is 8.10. The molecule has 0 saturated carbocycles. The second-order valence-corrected chi connectivity index (χ2v) is 2.13. The fraction of sp³-hybridized carbons (Fsp3) is 0.250. The number of nitrogens with one attached hydrogen (secondary N) is 1. The molecule has 1 aromatic heterocycles. The van der Waals surface area contributed by atoms with Gasteiger partial charge in [0.05, 0.1) is 17.9 Å². The molecule has 11 heavy (non-hydrogen) atoms. The molecule has 0 aliphatic heterocycles. The molecule has 0 fully saturated rings. The van der Waals surface area contributed by atoms with Gasteiger partial charge in [0.1, 0.15) is 6.26 Å². The van der Waals surface area contributed by atoms with Gasteiger partial charge in [-0.1, -0.05) is 11.8 Å². The number of hydrogen-bond acceptors (Lipinski definition) is 3. The van der Waals surface area contributed by atoms with E-state index < -0.39 is 0 Å². The minimum Gasteiger partial charge on any atom is -0.471 e. The standard InChI is InChI=1S/C8H9NO2/c1-7(9-10)2-3-8-4-5-11-6-8/h4-7,9-10H,1H3. The van der Waals surface area contributed by atoms with E-state index in [2.05, 4.69) is 11.8 Å². The molecular weight excluding hydrogens is 142 g/mol. The van der Waals surface area contributed by atoms with Gasteiger partial charge in [0, 0.05) is 0 Å². The Morgan fingerprint density at radius 2 is 2.55 bits per heavy atom. The molecule has 0 aliphatic rings. The second-order valence-electron chi connectivity index (χ2n) is 2.13. The van der Waals surface area contributed by atoms with Gasteiger partial charge >= 0.3 is 0 Å². The van der Waals surface area contributed by atoms with Crippen LogP contribution in [-0.4, -0.2) is 11.2 Å². The Kier molecular flexibility index (Phi) is 2.73. The van der Waals surface area contributed by atoms with E-state index in [4.69, 9.17) is 9.62 Å². The van der Waals surface area contributed by atoms with Crippen LogP contribution >= 0.6 is 0 Å². The Morgan fingerprint density at radius 1 is 1.73 bits per heavy atom. The highest BCUT2D eigenvalue weighted by Gasteiger charge is 1.90. The topological polar surface area (TPSA) is 45.4 Å². The van der Waals surface area contributed by atoms with Gasteiger partial charge in [-0.2, -0.15) is 5.48 Å². The van der Waals surface area contributed by atoms with Crippen molar-refractivity contribution in [2.45, 2.75) is 13.0 Å². The highest BCUT2D eigenvalue weighted by molar-refractivity contribution is 5.31. The van der Waals surface area contributed by atoms with Crippen LogP contribution in [-0.2, 0) is 0 Å². The van der Waals surface area contributed by atoms with Crippen molar-refractivity contribution in [1.29, 1.82) is 0 Å². The number of hydrogen-bond donors (Lipinski definition) is 2. The first-order valence-electron chi connectivity index (χ1n) is 3.26. The molecule has 3 heteroatoms. The molecule has 2 N–H and O–H groups in total. The minimum absolute atomic E-state index is 0.218. The summed E-state index contributed by atoms with van der Waals surface area (Å²) in [4.78, 5) is 0. The third-order valence-corrected chi connectivity index (χ3v) is 1.15. The number of rotatable bonds is 1. The Morgan fingerprint density at radius 3 is 3.09 bits per heavy atom. The summed E-state index contributed by atoms with van der Waals surface area (Å²) in [5, 5.41) is 8.39. The molecule has 0 bridgehead atoms. The highest BCUT2D eigenvalue weighted by Crippen LogP contribution is 1.95. The molecule has 3 nitrogen and oxygen atoms in total. The van der Waals surface area contributed by atoms with Gasteiger partial charge in [0.25, 0.3) is 0 Å². The fourth-order valence-electron chi connectivity index (χ4n) is 0.559. The van der Waals surface area contributed by atoms with Crippen LogP contribution in [0.3, 0.4) is 0 Å². The molecule has 58 valence electrons. The summed E-state index contributed by atoms with van der Waals surface area (Å²) in [6.07, 6.45) is 3.11. The zero-order valence-electron chi connectivity index (χ0n) is 6.16. The molecule has 0 aromatic carbocycles. The highest BCUT2D eigenvalue weighted by atomic mass is 16.5. The Hall–Kier alpha value is -1.24. The van der Waals surface area contributed by atoms with Crippen molar-refractivity contribution in [1.82, 2.24) is 5.48 Å². The number of furan rings is 1. The predicted molar refractivity (Wildman–Crippen MR) is 40.0 cm³/mol. The molecule has 0 saturated heterocycles. The lowest BCUT2D eigenvalue weighted by molar-refractivity contribution is 0.152. The zero-order valence-corrected chi connectivity index (χ0v) is 6.16. The minimum atomic E-state index is -0.218. The van der Waals surface area contributed by atoms with Crippen LogP contribution in [0.2, 0.25) is 0 Å². The maximum Gasteiger partial charge on any atom is 0.106 e. The number of hydroxylamine groups is 1. The van der Waals surface area contributed by atoms with Crippen LogP contribution in [0.4, 0.5) is 0 Å². The predicted octanol–water partition coefficient (Wildman–Crippen LogP) is 0.998. The molecule has 1 heterocycles. The summed E-state index contributed by atoms with van der Waals surface area (Å²) < 4.78 is 4.80. The lowest BCUT2D eigenvalue weighted by Gasteiger charge is -1.95. The van der Waals surface area contributed by atoms with E-state index in [9.17, 15) is 0 Å². The average molecular weight is 151 g/mol. The summed E-state index contributed by atoms with van der Waals surface area (Å²) >= 11 is 0.